The number of hydrogen-bond acceptors (Lipinski definition) is 3. The number of rotatable bonds is 3. The third kappa shape index (κ3) is 2.17. The van der Waals surface area contributed by atoms with Crippen LogP contribution in [-0.4, -0.2) is 13.2 Å². The molecule has 0 bridgehead atoms. The monoisotopic (exact) mass is 206 g/mol. The summed E-state index contributed by atoms with van der Waals surface area (Å²) in [6, 6.07) is 6.36. The summed E-state index contributed by atoms with van der Waals surface area (Å²) in [6.45, 7) is 2.27. The van der Waals surface area contributed by atoms with E-state index in [0.717, 1.165) is 23.0 Å². The van der Waals surface area contributed by atoms with Gasteiger partial charge in [-0.1, -0.05) is 6.92 Å². The summed E-state index contributed by atoms with van der Waals surface area (Å²) in [7, 11) is 1.65. The Morgan fingerprint density at radius 3 is 2.67 bits per heavy atom. The highest BCUT2D eigenvalue weighted by Gasteiger charge is 2.25. The Kier molecular flexibility index (Phi) is 2.71. The lowest BCUT2D eigenvalue weighted by molar-refractivity contribution is 0.309. The van der Waals surface area contributed by atoms with Gasteiger partial charge in [-0.2, -0.15) is 0 Å². The second-order valence-electron chi connectivity index (χ2n) is 4.37. The first kappa shape index (κ1) is 10.1. The molecule has 82 valence electrons. The molecule has 0 aromatic heterocycles. The molecule has 0 amide bonds. The second-order valence-corrected chi connectivity index (χ2v) is 4.37. The van der Waals surface area contributed by atoms with E-state index >= 15 is 0 Å². The smallest absolute Gasteiger partial charge is 0.121 e. The van der Waals surface area contributed by atoms with Crippen LogP contribution in [0.4, 0.5) is 11.4 Å². The molecule has 0 atom stereocenters. The number of methoxy groups -OCH3 is 1. The summed E-state index contributed by atoms with van der Waals surface area (Å²) in [6.07, 6.45) is 2.48. The van der Waals surface area contributed by atoms with Gasteiger partial charge in [-0.25, -0.2) is 0 Å². The van der Waals surface area contributed by atoms with Gasteiger partial charge in [-0.3, -0.25) is 0 Å². The lowest BCUT2D eigenvalue weighted by Crippen LogP contribution is -2.33. The Morgan fingerprint density at radius 1 is 1.40 bits per heavy atom. The van der Waals surface area contributed by atoms with E-state index in [1.54, 1.807) is 7.11 Å². The van der Waals surface area contributed by atoms with Gasteiger partial charge in [0.1, 0.15) is 5.75 Å². The Labute approximate surface area is 90.6 Å². The zero-order valence-corrected chi connectivity index (χ0v) is 9.29. The summed E-state index contributed by atoms with van der Waals surface area (Å²) in [4.78, 5) is 0. The Bertz CT molecular complexity index is 345. The largest absolute Gasteiger partial charge is 0.497 e. The molecule has 0 saturated heterocycles. The molecule has 0 spiro atoms. The number of anilines is 2. The quantitative estimate of drug-likeness (QED) is 0.747. The standard InChI is InChI=1S/C12H18N2O/c1-8-5-9(6-8)14-12-4-3-10(15-2)7-11(12)13/h3-4,7-9,14H,5-6,13H2,1-2H3. The second kappa shape index (κ2) is 4.01. The van der Waals surface area contributed by atoms with Crippen molar-refractivity contribution >= 4 is 11.4 Å². The van der Waals surface area contributed by atoms with Crippen LogP contribution < -0.4 is 15.8 Å². The summed E-state index contributed by atoms with van der Waals surface area (Å²) in [5, 5.41) is 3.45. The highest BCUT2D eigenvalue weighted by Crippen LogP contribution is 2.32. The van der Waals surface area contributed by atoms with Crippen molar-refractivity contribution < 1.29 is 4.74 Å². The molecule has 1 aromatic rings. The molecule has 3 heteroatoms. The van der Waals surface area contributed by atoms with E-state index in [1.807, 2.05) is 18.2 Å². The molecule has 1 saturated carbocycles. The van der Waals surface area contributed by atoms with Crippen LogP contribution in [0.1, 0.15) is 19.8 Å². The van der Waals surface area contributed by atoms with Crippen molar-refractivity contribution in [3.8, 4) is 5.75 Å². The normalized spacial score (nSPS) is 24.4. The van der Waals surface area contributed by atoms with Crippen LogP contribution in [0, 0.1) is 5.92 Å². The summed E-state index contributed by atoms with van der Waals surface area (Å²) in [5.41, 5.74) is 7.70. The molecule has 2 rings (SSSR count). The minimum atomic E-state index is 0.593. The van der Waals surface area contributed by atoms with Crippen LogP contribution in [0.25, 0.3) is 0 Å². The number of nitrogens with two attached hydrogens (primary N) is 1. The summed E-state index contributed by atoms with van der Waals surface area (Å²) < 4.78 is 5.10. The molecule has 1 fully saturated rings. The molecular formula is C12H18N2O. The predicted octanol–water partition coefficient (Wildman–Crippen LogP) is 2.49. The molecule has 0 radical (unpaired) electrons. The van der Waals surface area contributed by atoms with Gasteiger partial charge in [-0.15, -0.1) is 0 Å². The van der Waals surface area contributed by atoms with Crippen LogP contribution >= 0.6 is 0 Å². The molecule has 0 unspecified atom stereocenters. The first-order valence-electron chi connectivity index (χ1n) is 5.39. The van der Waals surface area contributed by atoms with Gasteiger partial charge in [0.2, 0.25) is 0 Å². The molecular weight excluding hydrogens is 188 g/mol. The average Bonchev–Trinajstić information content (AvgIpc) is 2.18. The maximum Gasteiger partial charge on any atom is 0.121 e. The van der Waals surface area contributed by atoms with Crippen LogP contribution in [0.15, 0.2) is 18.2 Å². The SMILES string of the molecule is COc1ccc(NC2CC(C)C2)c(N)c1. The van der Waals surface area contributed by atoms with E-state index in [0.29, 0.717) is 6.04 Å². The van der Waals surface area contributed by atoms with Gasteiger partial charge in [0.05, 0.1) is 18.5 Å². The molecule has 0 heterocycles. The van der Waals surface area contributed by atoms with Gasteiger partial charge in [0.15, 0.2) is 0 Å². The van der Waals surface area contributed by atoms with Gasteiger partial charge in [-0.05, 0) is 30.9 Å². The van der Waals surface area contributed by atoms with Crippen molar-refractivity contribution in [3.05, 3.63) is 18.2 Å². The van der Waals surface area contributed by atoms with E-state index in [4.69, 9.17) is 10.5 Å². The number of nitrogen functional groups attached to an aromatic ring is 1. The number of hydrogen-bond donors (Lipinski definition) is 2. The molecule has 3 N–H and O–H groups in total. The summed E-state index contributed by atoms with van der Waals surface area (Å²) in [5.74, 6) is 1.65. The van der Waals surface area contributed by atoms with E-state index in [-0.39, 0.29) is 0 Å². The van der Waals surface area contributed by atoms with Gasteiger partial charge < -0.3 is 15.8 Å². The predicted molar refractivity (Wildman–Crippen MR) is 63.2 cm³/mol. The molecule has 0 aliphatic heterocycles. The fourth-order valence-electron chi connectivity index (χ4n) is 2.04. The Balaban J connectivity index is 2.02. The third-order valence-electron chi connectivity index (χ3n) is 2.99. The summed E-state index contributed by atoms with van der Waals surface area (Å²) >= 11 is 0. The third-order valence-corrected chi connectivity index (χ3v) is 2.99. The zero-order chi connectivity index (χ0) is 10.8. The van der Waals surface area contributed by atoms with Gasteiger partial charge >= 0.3 is 0 Å². The lowest BCUT2D eigenvalue weighted by atomic mass is 9.82. The van der Waals surface area contributed by atoms with E-state index < -0.39 is 0 Å². The fourth-order valence-corrected chi connectivity index (χ4v) is 2.04. The van der Waals surface area contributed by atoms with E-state index in [9.17, 15) is 0 Å². The van der Waals surface area contributed by atoms with Crippen LogP contribution in [0.3, 0.4) is 0 Å². The zero-order valence-electron chi connectivity index (χ0n) is 9.29. The molecule has 3 nitrogen and oxygen atoms in total. The minimum absolute atomic E-state index is 0.593. The molecule has 15 heavy (non-hydrogen) atoms. The molecule has 1 aromatic carbocycles. The van der Waals surface area contributed by atoms with E-state index in [1.165, 1.54) is 12.8 Å². The van der Waals surface area contributed by atoms with Crippen molar-refractivity contribution in [3.63, 3.8) is 0 Å². The topological polar surface area (TPSA) is 47.3 Å². The van der Waals surface area contributed by atoms with Crippen molar-refractivity contribution in [1.29, 1.82) is 0 Å². The number of benzene rings is 1. The highest BCUT2D eigenvalue weighted by molar-refractivity contribution is 5.68. The van der Waals surface area contributed by atoms with Gasteiger partial charge in [0.25, 0.3) is 0 Å². The fraction of sp³-hybridized carbons (Fsp3) is 0.500. The number of ether oxygens (including phenoxy) is 1. The van der Waals surface area contributed by atoms with Crippen molar-refractivity contribution in [1.82, 2.24) is 0 Å². The molecule has 1 aliphatic carbocycles. The Morgan fingerprint density at radius 2 is 2.13 bits per heavy atom. The minimum Gasteiger partial charge on any atom is -0.497 e. The number of nitrogens with one attached hydrogen (secondary N) is 1. The van der Waals surface area contributed by atoms with Crippen molar-refractivity contribution in [2.75, 3.05) is 18.2 Å². The average molecular weight is 206 g/mol. The van der Waals surface area contributed by atoms with Crippen LogP contribution in [-0.2, 0) is 0 Å². The first-order valence-corrected chi connectivity index (χ1v) is 5.39. The highest BCUT2D eigenvalue weighted by atomic mass is 16.5. The van der Waals surface area contributed by atoms with Crippen molar-refractivity contribution in [2.24, 2.45) is 5.92 Å². The maximum atomic E-state index is 5.92. The van der Waals surface area contributed by atoms with Gasteiger partial charge in [0, 0.05) is 12.1 Å². The van der Waals surface area contributed by atoms with Crippen molar-refractivity contribution in [2.45, 2.75) is 25.8 Å². The first-order chi connectivity index (χ1) is 7.19. The molecule has 1 aliphatic rings. The van der Waals surface area contributed by atoms with Crippen LogP contribution in [0.2, 0.25) is 0 Å². The maximum absolute atomic E-state index is 5.92. The van der Waals surface area contributed by atoms with Crippen LogP contribution in [0.5, 0.6) is 5.75 Å². The Hall–Kier alpha value is -1.38. The lowest BCUT2D eigenvalue weighted by Gasteiger charge is -2.34. The van der Waals surface area contributed by atoms with E-state index in [2.05, 4.69) is 12.2 Å².